The topological polar surface area (TPSA) is 87.0 Å². The van der Waals surface area contributed by atoms with Crippen molar-refractivity contribution in [2.24, 2.45) is 0 Å². The first kappa shape index (κ1) is 15.0. The van der Waals surface area contributed by atoms with E-state index in [-0.39, 0.29) is 17.5 Å². The fraction of sp³-hybridized carbons (Fsp3) is 0.400. The predicted octanol–water partition coefficient (Wildman–Crippen LogP) is 3.24. The lowest BCUT2D eigenvalue weighted by atomic mass is 10.0. The first-order valence-corrected chi connectivity index (χ1v) is 7.07. The van der Waals surface area contributed by atoms with Crippen molar-refractivity contribution in [2.45, 2.75) is 39.7 Å². The monoisotopic (exact) mass is 288 g/mol. The zero-order chi connectivity index (χ0) is 15.6. The summed E-state index contributed by atoms with van der Waals surface area (Å²) < 4.78 is 1.56. The number of benzene rings is 1. The van der Waals surface area contributed by atoms with Crippen LogP contribution in [0.2, 0.25) is 0 Å². The molecule has 2 N–H and O–H groups in total. The Hall–Kier alpha value is -2.37. The van der Waals surface area contributed by atoms with Crippen LogP contribution in [0.1, 0.15) is 43.1 Å². The van der Waals surface area contributed by atoms with E-state index < -0.39 is 4.92 Å². The van der Waals surface area contributed by atoms with E-state index in [0.717, 1.165) is 18.4 Å². The molecule has 0 aliphatic carbocycles. The highest BCUT2D eigenvalue weighted by molar-refractivity contribution is 5.56. The molecule has 6 heteroatoms. The standard InChI is InChI=1S/C15H20N4O2/c1-4-11-6-8-12(9-7-11)13(5-2)18-15(16)14(19(20)21)10(3)17-18/h6-9,13H,4-5,16H2,1-3H3. The maximum Gasteiger partial charge on any atom is 0.333 e. The van der Waals surface area contributed by atoms with E-state index in [0.29, 0.717) is 5.69 Å². The molecule has 0 aliphatic heterocycles. The van der Waals surface area contributed by atoms with Crippen molar-refractivity contribution in [3.8, 4) is 0 Å². The lowest BCUT2D eigenvalue weighted by molar-refractivity contribution is -0.384. The molecule has 6 nitrogen and oxygen atoms in total. The zero-order valence-electron chi connectivity index (χ0n) is 12.5. The second-order valence-electron chi connectivity index (χ2n) is 5.04. The molecular weight excluding hydrogens is 268 g/mol. The number of rotatable bonds is 5. The summed E-state index contributed by atoms with van der Waals surface area (Å²) in [5.41, 5.74) is 8.49. The summed E-state index contributed by atoms with van der Waals surface area (Å²) in [5.74, 6) is 0.115. The van der Waals surface area contributed by atoms with Crippen LogP contribution in [0, 0.1) is 17.0 Å². The molecule has 0 saturated carbocycles. The van der Waals surface area contributed by atoms with Crippen molar-refractivity contribution < 1.29 is 4.92 Å². The molecule has 21 heavy (non-hydrogen) atoms. The number of aryl methyl sites for hydroxylation is 2. The van der Waals surface area contributed by atoms with Crippen LogP contribution in [-0.2, 0) is 6.42 Å². The van der Waals surface area contributed by atoms with E-state index in [9.17, 15) is 10.1 Å². The van der Waals surface area contributed by atoms with Gasteiger partial charge in [-0.05, 0) is 30.9 Å². The molecule has 1 aromatic carbocycles. The van der Waals surface area contributed by atoms with E-state index >= 15 is 0 Å². The van der Waals surface area contributed by atoms with Crippen LogP contribution in [0.15, 0.2) is 24.3 Å². The van der Waals surface area contributed by atoms with Gasteiger partial charge in [0.2, 0.25) is 5.82 Å². The molecule has 0 fully saturated rings. The summed E-state index contributed by atoms with van der Waals surface area (Å²) in [5, 5.41) is 15.3. The number of nitrogens with two attached hydrogens (primary N) is 1. The molecule has 0 amide bonds. The molecule has 0 radical (unpaired) electrons. The molecule has 0 aliphatic rings. The van der Waals surface area contributed by atoms with E-state index in [1.54, 1.807) is 11.6 Å². The van der Waals surface area contributed by atoms with Crippen molar-refractivity contribution in [2.75, 3.05) is 5.73 Å². The van der Waals surface area contributed by atoms with Gasteiger partial charge in [-0.3, -0.25) is 10.1 Å². The van der Waals surface area contributed by atoms with Crippen LogP contribution >= 0.6 is 0 Å². The number of anilines is 1. The second-order valence-corrected chi connectivity index (χ2v) is 5.04. The molecule has 112 valence electrons. The van der Waals surface area contributed by atoms with Crippen molar-refractivity contribution in [3.05, 3.63) is 51.2 Å². The summed E-state index contributed by atoms with van der Waals surface area (Å²) in [6.07, 6.45) is 1.74. The minimum Gasteiger partial charge on any atom is -0.378 e. The highest BCUT2D eigenvalue weighted by Gasteiger charge is 2.26. The molecule has 1 unspecified atom stereocenters. The maximum atomic E-state index is 11.1. The van der Waals surface area contributed by atoms with Gasteiger partial charge in [0, 0.05) is 0 Å². The Kier molecular flexibility index (Phi) is 4.26. The van der Waals surface area contributed by atoms with Gasteiger partial charge in [-0.2, -0.15) is 5.10 Å². The van der Waals surface area contributed by atoms with Gasteiger partial charge in [-0.25, -0.2) is 4.68 Å². The third-order valence-corrected chi connectivity index (χ3v) is 3.73. The Labute approximate surface area is 123 Å². The van der Waals surface area contributed by atoms with Gasteiger partial charge >= 0.3 is 5.69 Å². The number of hydrogen-bond donors (Lipinski definition) is 1. The lowest BCUT2D eigenvalue weighted by Crippen LogP contribution is -2.14. The number of nitro groups is 1. The minimum atomic E-state index is -0.471. The first-order chi connectivity index (χ1) is 9.99. The van der Waals surface area contributed by atoms with E-state index in [4.69, 9.17) is 5.73 Å². The fourth-order valence-electron chi connectivity index (χ4n) is 2.55. The minimum absolute atomic E-state index is 0.0942. The van der Waals surface area contributed by atoms with Crippen molar-refractivity contribution in [3.63, 3.8) is 0 Å². The fourth-order valence-corrected chi connectivity index (χ4v) is 2.55. The Bertz CT molecular complexity index is 646. The zero-order valence-corrected chi connectivity index (χ0v) is 12.5. The summed E-state index contributed by atoms with van der Waals surface area (Å²) >= 11 is 0. The first-order valence-electron chi connectivity index (χ1n) is 7.07. The average Bonchev–Trinajstić information content (AvgIpc) is 2.75. The Balaban J connectivity index is 2.46. The van der Waals surface area contributed by atoms with E-state index in [1.807, 2.05) is 19.1 Å². The van der Waals surface area contributed by atoms with Gasteiger partial charge in [0.25, 0.3) is 0 Å². The predicted molar refractivity (Wildman–Crippen MR) is 82.3 cm³/mol. The number of nitrogens with zero attached hydrogens (tertiary/aromatic N) is 3. The normalized spacial score (nSPS) is 12.3. The maximum absolute atomic E-state index is 11.1. The SMILES string of the molecule is CCc1ccc(C(CC)n2nc(C)c([N+](=O)[O-])c2N)cc1. The molecule has 2 rings (SSSR count). The van der Waals surface area contributed by atoms with Crippen LogP contribution in [0.4, 0.5) is 11.5 Å². The Morgan fingerprint density at radius 2 is 1.95 bits per heavy atom. The van der Waals surface area contributed by atoms with Crippen LogP contribution in [0.3, 0.4) is 0 Å². The van der Waals surface area contributed by atoms with Crippen LogP contribution < -0.4 is 5.73 Å². The summed E-state index contributed by atoms with van der Waals surface area (Å²) in [7, 11) is 0. The molecule has 0 spiro atoms. The molecule has 0 saturated heterocycles. The van der Waals surface area contributed by atoms with Gasteiger partial charge in [-0.15, -0.1) is 0 Å². The lowest BCUT2D eigenvalue weighted by Gasteiger charge is -2.17. The largest absolute Gasteiger partial charge is 0.378 e. The van der Waals surface area contributed by atoms with Crippen molar-refractivity contribution in [1.82, 2.24) is 9.78 Å². The third-order valence-electron chi connectivity index (χ3n) is 3.73. The molecule has 1 atom stereocenters. The molecule has 2 aromatic rings. The van der Waals surface area contributed by atoms with Crippen LogP contribution in [0.25, 0.3) is 0 Å². The average molecular weight is 288 g/mol. The Morgan fingerprint density at radius 3 is 2.38 bits per heavy atom. The molecule has 1 heterocycles. The van der Waals surface area contributed by atoms with Crippen LogP contribution in [0.5, 0.6) is 0 Å². The highest BCUT2D eigenvalue weighted by atomic mass is 16.6. The number of nitrogen functional groups attached to an aromatic ring is 1. The van der Waals surface area contributed by atoms with Crippen molar-refractivity contribution >= 4 is 11.5 Å². The quantitative estimate of drug-likeness (QED) is 0.675. The van der Waals surface area contributed by atoms with Gasteiger partial charge in [0.1, 0.15) is 5.69 Å². The Morgan fingerprint density at radius 1 is 1.33 bits per heavy atom. The molecule has 0 bridgehead atoms. The number of hydrogen-bond acceptors (Lipinski definition) is 4. The van der Waals surface area contributed by atoms with Crippen LogP contribution in [-0.4, -0.2) is 14.7 Å². The van der Waals surface area contributed by atoms with Gasteiger partial charge in [-0.1, -0.05) is 38.1 Å². The van der Waals surface area contributed by atoms with Gasteiger partial charge < -0.3 is 5.73 Å². The van der Waals surface area contributed by atoms with Gasteiger partial charge in [0.05, 0.1) is 11.0 Å². The smallest absolute Gasteiger partial charge is 0.333 e. The summed E-state index contributed by atoms with van der Waals surface area (Å²) in [4.78, 5) is 10.6. The van der Waals surface area contributed by atoms with Gasteiger partial charge in [0.15, 0.2) is 0 Å². The molecule has 1 aromatic heterocycles. The second kappa shape index (κ2) is 5.95. The number of aromatic nitrogens is 2. The summed E-state index contributed by atoms with van der Waals surface area (Å²) in [6.45, 7) is 5.73. The molecular formula is C15H20N4O2. The third kappa shape index (κ3) is 2.74. The van der Waals surface area contributed by atoms with E-state index in [1.165, 1.54) is 5.56 Å². The van der Waals surface area contributed by atoms with E-state index in [2.05, 4.69) is 24.2 Å². The highest BCUT2D eigenvalue weighted by Crippen LogP contribution is 2.32. The summed E-state index contributed by atoms with van der Waals surface area (Å²) in [6, 6.07) is 8.12. The van der Waals surface area contributed by atoms with Crippen molar-refractivity contribution in [1.29, 1.82) is 0 Å².